The molecule has 0 bridgehead atoms. The van der Waals surface area contributed by atoms with E-state index in [-0.39, 0.29) is 35.5 Å². The molecule has 0 unspecified atom stereocenters. The van der Waals surface area contributed by atoms with Gasteiger partial charge in [0.05, 0.1) is 18.0 Å². The predicted octanol–water partition coefficient (Wildman–Crippen LogP) is 1.55. The first-order valence-electron chi connectivity index (χ1n) is 6.89. The van der Waals surface area contributed by atoms with E-state index in [1.165, 1.54) is 19.1 Å². The maximum absolute atomic E-state index is 12.6. The van der Waals surface area contributed by atoms with Crippen LogP contribution < -0.4 is 0 Å². The third kappa shape index (κ3) is 3.98. The van der Waals surface area contributed by atoms with E-state index in [4.69, 9.17) is 0 Å². The highest BCUT2D eigenvalue weighted by Gasteiger charge is 2.34. The van der Waals surface area contributed by atoms with Crippen LogP contribution in [0.2, 0.25) is 0 Å². The van der Waals surface area contributed by atoms with Crippen LogP contribution in [0.1, 0.15) is 25.3 Å². The van der Waals surface area contributed by atoms with Gasteiger partial charge < -0.3 is 0 Å². The summed E-state index contributed by atoms with van der Waals surface area (Å²) in [5.74, 6) is -0.422. The fourth-order valence-corrected chi connectivity index (χ4v) is 3.47. The van der Waals surface area contributed by atoms with Crippen molar-refractivity contribution in [3.05, 3.63) is 29.8 Å². The summed E-state index contributed by atoms with van der Waals surface area (Å²) in [5, 5.41) is 0. The summed E-state index contributed by atoms with van der Waals surface area (Å²) in [6.45, 7) is 2.69. The molecule has 1 fully saturated rings. The summed E-state index contributed by atoms with van der Waals surface area (Å²) in [6.07, 6.45) is 1.63. The fourth-order valence-electron chi connectivity index (χ4n) is 2.04. The van der Waals surface area contributed by atoms with Gasteiger partial charge in [-0.3, -0.25) is 9.59 Å². The minimum Gasteiger partial charge on any atom is -0.299 e. The lowest BCUT2D eigenvalue weighted by atomic mass is 10.2. The fraction of sp³-hybridized carbons (Fsp3) is 0.467. The zero-order chi connectivity index (χ0) is 15.6. The topological polar surface area (TPSA) is 71.5 Å². The Hall–Kier alpha value is -1.53. The first-order chi connectivity index (χ1) is 9.80. The number of rotatable bonds is 7. The minimum atomic E-state index is -3.82. The molecule has 1 aliphatic carbocycles. The smallest absolute Gasteiger partial charge is 0.243 e. The lowest BCUT2D eigenvalue weighted by Crippen LogP contribution is -2.39. The van der Waals surface area contributed by atoms with Gasteiger partial charge in [0, 0.05) is 5.92 Å². The van der Waals surface area contributed by atoms with Gasteiger partial charge in [-0.2, -0.15) is 4.31 Å². The number of hydrogen-bond donors (Lipinski definition) is 0. The molecule has 0 saturated heterocycles. The maximum Gasteiger partial charge on any atom is 0.243 e. The lowest BCUT2D eigenvalue weighted by molar-refractivity contribution is -0.121. The van der Waals surface area contributed by atoms with Gasteiger partial charge >= 0.3 is 0 Å². The SMILES string of the molecule is CC(=O)CN(CC(=O)C1CC1)S(=O)(=O)c1ccc(C)cc1. The molecule has 21 heavy (non-hydrogen) atoms. The number of Topliss-reactive ketones (excluding diaryl/α,β-unsaturated/α-hetero) is 2. The van der Waals surface area contributed by atoms with Crippen molar-refractivity contribution in [1.29, 1.82) is 0 Å². The third-order valence-electron chi connectivity index (χ3n) is 3.42. The summed E-state index contributed by atoms with van der Waals surface area (Å²) in [5.41, 5.74) is 0.945. The van der Waals surface area contributed by atoms with Crippen LogP contribution in [0.25, 0.3) is 0 Å². The Kier molecular flexibility index (Phi) is 4.58. The van der Waals surface area contributed by atoms with Crippen LogP contribution in [0, 0.1) is 12.8 Å². The molecule has 0 aromatic heterocycles. The third-order valence-corrected chi connectivity index (χ3v) is 5.23. The molecule has 1 saturated carbocycles. The van der Waals surface area contributed by atoms with Crippen LogP contribution in [0.4, 0.5) is 0 Å². The van der Waals surface area contributed by atoms with Crippen molar-refractivity contribution in [2.75, 3.05) is 13.1 Å². The second-order valence-corrected chi connectivity index (χ2v) is 7.47. The second-order valence-electron chi connectivity index (χ2n) is 5.53. The monoisotopic (exact) mass is 309 g/mol. The normalized spacial score (nSPS) is 15.2. The highest BCUT2D eigenvalue weighted by Crippen LogP contribution is 2.30. The Balaban J connectivity index is 2.26. The molecule has 2 rings (SSSR count). The molecular formula is C15H19NO4S. The van der Waals surface area contributed by atoms with Gasteiger partial charge in [0.2, 0.25) is 10.0 Å². The number of ketones is 2. The Morgan fingerprint density at radius 1 is 1.14 bits per heavy atom. The first-order valence-corrected chi connectivity index (χ1v) is 8.33. The van der Waals surface area contributed by atoms with Gasteiger partial charge in [0.1, 0.15) is 5.78 Å². The number of nitrogens with zero attached hydrogens (tertiary/aromatic N) is 1. The zero-order valence-electron chi connectivity index (χ0n) is 12.2. The Morgan fingerprint density at radius 3 is 2.19 bits per heavy atom. The molecule has 0 heterocycles. The van der Waals surface area contributed by atoms with Crippen molar-refractivity contribution < 1.29 is 18.0 Å². The molecule has 1 aromatic rings. The number of carbonyl (C=O) groups excluding carboxylic acids is 2. The molecule has 0 N–H and O–H groups in total. The highest BCUT2D eigenvalue weighted by atomic mass is 32.2. The van der Waals surface area contributed by atoms with Gasteiger partial charge in [-0.1, -0.05) is 17.7 Å². The summed E-state index contributed by atoms with van der Waals surface area (Å²) in [7, 11) is -3.82. The van der Waals surface area contributed by atoms with E-state index in [1.807, 2.05) is 6.92 Å². The second kappa shape index (κ2) is 6.07. The standard InChI is InChI=1S/C15H19NO4S/c1-11-3-7-14(8-4-11)21(19,20)16(9-12(2)17)10-15(18)13-5-6-13/h3-4,7-8,13H,5-6,9-10H2,1-2H3. The molecule has 5 nitrogen and oxygen atoms in total. The van der Waals surface area contributed by atoms with E-state index in [2.05, 4.69) is 0 Å². The van der Waals surface area contributed by atoms with Crippen molar-refractivity contribution in [3.8, 4) is 0 Å². The zero-order valence-corrected chi connectivity index (χ0v) is 13.0. The first kappa shape index (κ1) is 15.9. The van der Waals surface area contributed by atoms with Crippen LogP contribution in [-0.2, 0) is 19.6 Å². The van der Waals surface area contributed by atoms with Crippen LogP contribution in [0.5, 0.6) is 0 Å². The highest BCUT2D eigenvalue weighted by molar-refractivity contribution is 7.89. The van der Waals surface area contributed by atoms with E-state index < -0.39 is 10.0 Å². The lowest BCUT2D eigenvalue weighted by Gasteiger charge is -2.20. The van der Waals surface area contributed by atoms with E-state index in [9.17, 15) is 18.0 Å². The van der Waals surface area contributed by atoms with Crippen molar-refractivity contribution in [2.24, 2.45) is 5.92 Å². The van der Waals surface area contributed by atoms with Crippen LogP contribution >= 0.6 is 0 Å². The Bertz CT molecular complexity index is 645. The quantitative estimate of drug-likeness (QED) is 0.766. The molecule has 6 heteroatoms. The van der Waals surface area contributed by atoms with Crippen molar-refractivity contribution in [3.63, 3.8) is 0 Å². The average molecular weight is 309 g/mol. The summed E-state index contributed by atoms with van der Waals surface area (Å²) in [6, 6.07) is 6.39. The number of sulfonamides is 1. The van der Waals surface area contributed by atoms with Crippen LogP contribution in [0.15, 0.2) is 29.2 Å². The molecule has 0 amide bonds. The van der Waals surface area contributed by atoms with Crippen molar-refractivity contribution >= 4 is 21.6 Å². The van der Waals surface area contributed by atoms with E-state index >= 15 is 0 Å². The van der Waals surface area contributed by atoms with E-state index in [0.29, 0.717) is 0 Å². The van der Waals surface area contributed by atoms with Gasteiger partial charge in [0.25, 0.3) is 0 Å². The van der Waals surface area contributed by atoms with E-state index in [0.717, 1.165) is 22.7 Å². The molecule has 0 aliphatic heterocycles. The van der Waals surface area contributed by atoms with Gasteiger partial charge in [-0.15, -0.1) is 0 Å². The average Bonchev–Trinajstić information content (AvgIpc) is 3.22. The number of hydrogen-bond acceptors (Lipinski definition) is 4. The summed E-state index contributed by atoms with van der Waals surface area (Å²) >= 11 is 0. The molecule has 0 radical (unpaired) electrons. The summed E-state index contributed by atoms with van der Waals surface area (Å²) < 4.78 is 26.1. The number of benzene rings is 1. The van der Waals surface area contributed by atoms with Gasteiger partial charge in [0.15, 0.2) is 5.78 Å². The Labute approximate surface area is 125 Å². The molecule has 1 aromatic carbocycles. The molecule has 0 spiro atoms. The van der Waals surface area contributed by atoms with Gasteiger partial charge in [-0.05, 0) is 38.8 Å². The molecular weight excluding hydrogens is 290 g/mol. The maximum atomic E-state index is 12.6. The van der Waals surface area contributed by atoms with Crippen molar-refractivity contribution in [2.45, 2.75) is 31.6 Å². The Morgan fingerprint density at radius 2 is 1.71 bits per heavy atom. The van der Waals surface area contributed by atoms with Crippen LogP contribution in [-0.4, -0.2) is 37.4 Å². The minimum absolute atomic E-state index is 0.0346. The van der Waals surface area contributed by atoms with Crippen molar-refractivity contribution in [1.82, 2.24) is 4.31 Å². The molecule has 114 valence electrons. The van der Waals surface area contributed by atoms with Crippen LogP contribution in [0.3, 0.4) is 0 Å². The molecule has 0 atom stereocenters. The molecule has 1 aliphatic rings. The largest absolute Gasteiger partial charge is 0.299 e. The van der Waals surface area contributed by atoms with Gasteiger partial charge in [-0.25, -0.2) is 8.42 Å². The summed E-state index contributed by atoms with van der Waals surface area (Å²) in [4.78, 5) is 23.4. The number of aryl methyl sites for hydroxylation is 1. The number of carbonyl (C=O) groups is 2. The van der Waals surface area contributed by atoms with E-state index in [1.54, 1.807) is 12.1 Å². The predicted molar refractivity (Wildman–Crippen MR) is 78.3 cm³/mol.